The number of hydrogen-bond acceptors (Lipinski definition) is 2. The first kappa shape index (κ1) is 13.8. The summed E-state index contributed by atoms with van der Waals surface area (Å²) < 4.78 is 50.6. The predicted molar refractivity (Wildman–Crippen MR) is 57.8 cm³/mol. The molecule has 0 aromatic heterocycles. The van der Waals surface area contributed by atoms with E-state index in [1.54, 1.807) is 4.90 Å². The first-order valence-electron chi connectivity index (χ1n) is 5.58. The largest absolute Gasteiger partial charge is 0.481 e. The van der Waals surface area contributed by atoms with Gasteiger partial charge in [-0.05, 0) is 17.7 Å². The quantitative estimate of drug-likeness (QED) is 0.862. The van der Waals surface area contributed by atoms with Gasteiger partial charge in [0.15, 0.2) is 0 Å². The average Bonchev–Trinajstić information content (AvgIpc) is 2.22. The van der Waals surface area contributed by atoms with Crippen LogP contribution in [0.2, 0.25) is 0 Å². The van der Waals surface area contributed by atoms with Crippen molar-refractivity contribution in [3.8, 4) is 0 Å². The highest BCUT2D eigenvalue weighted by atomic mass is 19.4. The molecule has 19 heavy (non-hydrogen) atoms. The van der Waals surface area contributed by atoms with Crippen LogP contribution in [0.3, 0.4) is 0 Å². The van der Waals surface area contributed by atoms with E-state index in [1.807, 2.05) is 0 Å². The van der Waals surface area contributed by atoms with E-state index in [0.717, 1.165) is 12.1 Å². The van der Waals surface area contributed by atoms with Crippen molar-refractivity contribution < 1.29 is 27.5 Å². The molecule has 1 aliphatic heterocycles. The SMILES string of the molecule is O=C(O)C1CN(Cc2ccc(F)c(C(F)(F)F)c2)C1. The fraction of sp³-hybridized carbons (Fsp3) is 0.417. The maximum absolute atomic E-state index is 13.1. The van der Waals surface area contributed by atoms with Gasteiger partial charge < -0.3 is 5.11 Å². The topological polar surface area (TPSA) is 40.5 Å². The molecule has 0 radical (unpaired) electrons. The van der Waals surface area contributed by atoms with Crippen LogP contribution >= 0.6 is 0 Å². The van der Waals surface area contributed by atoms with Crippen LogP contribution in [0.5, 0.6) is 0 Å². The molecule has 0 aliphatic carbocycles. The summed E-state index contributed by atoms with van der Waals surface area (Å²) in [6.07, 6.45) is -4.72. The number of aliphatic carboxylic acids is 1. The van der Waals surface area contributed by atoms with Crippen LogP contribution in [0.1, 0.15) is 11.1 Å². The fourth-order valence-electron chi connectivity index (χ4n) is 2.00. The molecule has 1 aliphatic rings. The minimum atomic E-state index is -4.72. The van der Waals surface area contributed by atoms with E-state index < -0.39 is 29.4 Å². The summed E-state index contributed by atoms with van der Waals surface area (Å²) in [5, 5.41) is 8.68. The second-order valence-electron chi connectivity index (χ2n) is 4.54. The van der Waals surface area contributed by atoms with Crippen molar-refractivity contribution in [2.75, 3.05) is 13.1 Å². The standard InChI is InChI=1S/C12H11F4NO2/c13-10-2-1-7(3-9(10)12(14,15)16)4-17-5-8(6-17)11(18)19/h1-3,8H,4-6H2,(H,18,19). The summed E-state index contributed by atoms with van der Waals surface area (Å²) >= 11 is 0. The lowest BCUT2D eigenvalue weighted by Crippen LogP contribution is -2.49. The zero-order valence-electron chi connectivity index (χ0n) is 9.75. The average molecular weight is 277 g/mol. The molecule has 0 atom stereocenters. The molecule has 1 heterocycles. The van der Waals surface area contributed by atoms with Crippen molar-refractivity contribution in [3.05, 3.63) is 35.1 Å². The molecule has 1 aromatic carbocycles. The van der Waals surface area contributed by atoms with Crippen molar-refractivity contribution in [1.82, 2.24) is 4.90 Å². The Kier molecular flexibility index (Phi) is 3.49. The third-order valence-corrected chi connectivity index (χ3v) is 3.05. The number of alkyl halides is 3. The van der Waals surface area contributed by atoms with E-state index >= 15 is 0 Å². The van der Waals surface area contributed by atoms with Gasteiger partial charge in [-0.15, -0.1) is 0 Å². The number of likely N-dealkylation sites (tertiary alicyclic amines) is 1. The Labute approximate surface area is 106 Å². The van der Waals surface area contributed by atoms with E-state index in [9.17, 15) is 22.4 Å². The Morgan fingerprint density at radius 2 is 2.00 bits per heavy atom. The summed E-state index contributed by atoms with van der Waals surface area (Å²) in [6.45, 7) is 0.787. The normalized spacial score (nSPS) is 17.3. The van der Waals surface area contributed by atoms with Crippen molar-refractivity contribution in [1.29, 1.82) is 0 Å². The van der Waals surface area contributed by atoms with Gasteiger partial charge in [0.2, 0.25) is 0 Å². The van der Waals surface area contributed by atoms with E-state index in [0.29, 0.717) is 18.7 Å². The summed E-state index contributed by atoms with van der Waals surface area (Å²) in [4.78, 5) is 12.3. The second kappa shape index (κ2) is 4.80. The molecule has 3 nitrogen and oxygen atoms in total. The zero-order chi connectivity index (χ0) is 14.2. The predicted octanol–water partition coefficient (Wildman–Crippen LogP) is 2.36. The molecular weight excluding hydrogens is 266 g/mol. The Balaban J connectivity index is 2.05. The van der Waals surface area contributed by atoms with Crippen LogP contribution in [0.4, 0.5) is 17.6 Å². The van der Waals surface area contributed by atoms with Gasteiger partial charge in [-0.3, -0.25) is 9.69 Å². The minimum absolute atomic E-state index is 0.188. The van der Waals surface area contributed by atoms with Gasteiger partial charge in [-0.1, -0.05) is 6.07 Å². The first-order valence-corrected chi connectivity index (χ1v) is 5.58. The Hall–Kier alpha value is -1.63. The summed E-state index contributed by atoms with van der Waals surface area (Å²) in [6, 6.07) is 2.83. The molecular formula is C12H11F4NO2. The molecule has 1 aromatic rings. The van der Waals surface area contributed by atoms with Crippen LogP contribution in [-0.4, -0.2) is 29.1 Å². The Bertz CT molecular complexity index is 495. The van der Waals surface area contributed by atoms with E-state index in [1.165, 1.54) is 6.07 Å². The van der Waals surface area contributed by atoms with Crippen molar-refractivity contribution in [3.63, 3.8) is 0 Å². The van der Waals surface area contributed by atoms with Crippen molar-refractivity contribution in [2.24, 2.45) is 5.92 Å². The molecule has 0 spiro atoms. The maximum Gasteiger partial charge on any atom is 0.419 e. The highest BCUT2D eigenvalue weighted by Crippen LogP contribution is 2.32. The number of carbonyl (C=O) groups is 1. The lowest BCUT2D eigenvalue weighted by molar-refractivity contribution is -0.147. The van der Waals surface area contributed by atoms with E-state index in [2.05, 4.69) is 0 Å². The lowest BCUT2D eigenvalue weighted by Gasteiger charge is -2.36. The lowest BCUT2D eigenvalue weighted by atomic mass is 9.99. The Morgan fingerprint density at radius 1 is 1.37 bits per heavy atom. The van der Waals surface area contributed by atoms with E-state index in [4.69, 9.17) is 5.11 Å². The monoisotopic (exact) mass is 277 g/mol. The smallest absolute Gasteiger partial charge is 0.419 e. The van der Waals surface area contributed by atoms with E-state index in [-0.39, 0.29) is 6.54 Å². The highest BCUT2D eigenvalue weighted by molar-refractivity contribution is 5.71. The molecule has 0 bridgehead atoms. The molecule has 0 unspecified atom stereocenters. The second-order valence-corrected chi connectivity index (χ2v) is 4.54. The van der Waals surface area contributed by atoms with Gasteiger partial charge in [0.05, 0.1) is 11.5 Å². The molecule has 0 saturated carbocycles. The first-order chi connectivity index (χ1) is 8.77. The fourth-order valence-corrected chi connectivity index (χ4v) is 2.00. The van der Waals surface area contributed by atoms with Crippen LogP contribution in [0.25, 0.3) is 0 Å². The highest BCUT2D eigenvalue weighted by Gasteiger charge is 2.35. The molecule has 0 amide bonds. The summed E-state index contributed by atoms with van der Waals surface area (Å²) in [5.74, 6) is -2.68. The molecule has 1 fully saturated rings. The summed E-state index contributed by atoms with van der Waals surface area (Å²) in [5.41, 5.74) is -0.974. The van der Waals surface area contributed by atoms with Gasteiger partial charge in [-0.2, -0.15) is 13.2 Å². The number of carboxylic acids is 1. The molecule has 7 heteroatoms. The van der Waals surface area contributed by atoms with Crippen LogP contribution in [0, 0.1) is 11.7 Å². The molecule has 1 saturated heterocycles. The molecule has 104 valence electrons. The number of rotatable bonds is 3. The number of halogens is 4. The van der Waals surface area contributed by atoms with Gasteiger partial charge in [-0.25, -0.2) is 4.39 Å². The number of carboxylic acid groups (broad SMARTS) is 1. The number of hydrogen-bond donors (Lipinski definition) is 1. The van der Waals surface area contributed by atoms with Gasteiger partial charge >= 0.3 is 12.1 Å². The van der Waals surface area contributed by atoms with Gasteiger partial charge in [0.1, 0.15) is 5.82 Å². The number of nitrogens with zero attached hydrogens (tertiary/aromatic N) is 1. The third-order valence-electron chi connectivity index (χ3n) is 3.05. The van der Waals surface area contributed by atoms with Crippen LogP contribution in [-0.2, 0) is 17.5 Å². The zero-order valence-corrected chi connectivity index (χ0v) is 9.75. The van der Waals surface area contributed by atoms with Crippen LogP contribution < -0.4 is 0 Å². The Morgan fingerprint density at radius 3 is 2.53 bits per heavy atom. The minimum Gasteiger partial charge on any atom is -0.481 e. The van der Waals surface area contributed by atoms with Gasteiger partial charge in [0.25, 0.3) is 0 Å². The van der Waals surface area contributed by atoms with Gasteiger partial charge in [0, 0.05) is 19.6 Å². The molecule has 1 N–H and O–H groups in total. The van der Waals surface area contributed by atoms with Crippen molar-refractivity contribution in [2.45, 2.75) is 12.7 Å². The molecule has 2 rings (SSSR count). The van der Waals surface area contributed by atoms with Crippen molar-refractivity contribution >= 4 is 5.97 Å². The third kappa shape index (κ3) is 3.04. The summed E-state index contributed by atoms with van der Waals surface area (Å²) in [7, 11) is 0. The number of benzene rings is 1. The van der Waals surface area contributed by atoms with Crippen LogP contribution in [0.15, 0.2) is 18.2 Å². The maximum atomic E-state index is 13.1.